The number of aryl methyl sites for hydroxylation is 1. The maximum atomic E-state index is 3.46. The van der Waals surface area contributed by atoms with Gasteiger partial charge in [0.15, 0.2) is 0 Å². The van der Waals surface area contributed by atoms with Crippen LogP contribution in [-0.2, 0) is 6.42 Å². The van der Waals surface area contributed by atoms with Gasteiger partial charge >= 0.3 is 0 Å². The number of nitrogens with one attached hydrogen (secondary N) is 1. The first-order chi connectivity index (χ1) is 7.75. The van der Waals surface area contributed by atoms with E-state index in [1.165, 1.54) is 24.9 Å². The molecular formula is C13H19BrN2. The van der Waals surface area contributed by atoms with Crippen LogP contribution in [-0.4, -0.2) is 37.6 Å². The van der Waals surface area contributed by atoms with Gasteiger partial charge in [-0.2, -0.15) is 0 Å². The molecule has 1 aromatic carbocycles. The minimum absolute atomic E-state index is 0.692. The normalized spacial score (nSPS) is 22.2. The molecule has 1 fully saturated rings. The van der Waals surface area contributed by atoms with Crippen LogP contribution in [0.15, 0.2) is 28.7 Å². The molecule has 0 amide bonds. The van der Waals surface area contributed by atoms with E-state index in [0.29, 0.717) is 6.04 Å². The maximum Gasteiger partial charge on any atom is 0.0221 e. The molecule has 0 aliphatic carbocycles. The standard InChI is InChI=1S/C13H19BrN2/c1-16-9-8-15-10-13(16)7-4-11-2-5-12(14)6-3-11/h2-3,5-6,13,15H,4,7-10H2,1H3. The van der Waals surface area contributed by atoms with E-state index in [1.807, 2.05) is 0 Å². The van der Waals surface area contributed by atoms with E-state index in [2.05, 4.69) is 57.5 Å². The highest BCUT2D eigenvalue weighted by atomic mass is 79.9. The summed E-state index contributed by atoms with van der Waals surface area (Å²) in [5.41, 5.74) is 1.43. The zero-order valence-electron chi connectivity index (χ0n) is 9.75. The molecule has 1 aromatic rings. The number of piperazine rings is 1. The SMILES string of the molecule is CN1CCNCC1CCc1ccc(Br)cc1. The highest BCUT2D eigenvalue weighted by Crippen LogP contribution is 2.14. The molecule has 0 bridgehead atoms. The molecule has 0 aromatic heterocycles. The van der Waals surface area contributed by atoms with E-state index in [-0.39, 0.29) is 0 Å². The molecule has 16 heavy (non-hydrogen) atoms. The summed E-state index contributed by atoms with van der Waals surface area (Å²) in [4.78, 5) is 2.47. The molecule has 2 rings (SSSR count). The van der Waals surface area contributed by atoms with Crippen LogP contribution in [0.3, 0.4) is 0 Å². The number of nitrogens with zero attached hydrogens (tertiary/aromatic N) is 1. The Morgan fingerprint density at radius 1 is 1.38 bits per heavy atom. The van der Waals surface area contributed by atoms with Crippen molar-refractivity contribution < 1.29 is 0 Å². The zero-order chi connectivity index (χ0) is 11.4. The fraction of sp³-hybridized carbons (Fsp3) is 0.538. The lowest BCUT2D eigenvalue weighted by Crippen LogP contribution is -2.49. The molecule has 1 atom stereocenters. The van der Waals surface area contributed by atoms with Gasteiger partial charge in [-0.25, -0.2) is 0 Å². The summed E-state index contributed by atoms with van der Waals surface area (Å²) in [6.07, 6.45) is 2.41. The second-order valence-corrected chi connectivity index (χ2v) is 5.42. The van der Waals surface area contributed by atoms with E-state index in [9.17, 15) is 0 Å². The second kappa shape index (κ2) is 5.80. The smallest absolute Gasteiger partial charge is 0.0221 e. The summed E-state index contributed by atoms with van der Waals surface area (Å²) in [6, 6.07) is 9.36. The molecule has 0 saturated carbocycles. The minimum atomic E-state index is 0.692. The summed E-state index contributed by atoms with van der Waals surface area (Å²) in [7, 11) is 2.23. The fourth-order valence-corrected chi connectivity index (χ4v) is 2.43. The number of rotatable bonds is 3. The van der Waals surface area contributed by atoms with Gasteiger partial charge in [-0.3, -0.25) is 0 Å². The van der Waals surface area contributed by atoms with Gasteiger partial charge in [0.05, 0.1) is 0 Å². The molecule has 1 N–H and O–H groups in total. The molecule has 1 aliphatic heterocycles. The van der Waals surface area contributed by atoms with Crippen molar-refractivity contribution >= 4 is 15.9 Å². The lowest BCUT2D eigenvalue weighted by molar-refractivity contribution is 0.191. The topological polar surface area (TPSA) is 15.3 Å². The molecule has 1 aliphatic rings. The van der Waals surface area contributed by atoms with E-state index in [4.69, 9.17) is 0 Å². The van der Waals surface area contributed by atoms with Crippen LogP contribution in [0.1, 0.15) is 12.0 Å². The molecule has 2 nitrogen and oxygen atoms in total. The predicted molar refractivity (Wildman–Crippen MR) is 71.8 cm³/mol. The molecule has 0 spiro atoms. The third-order valence-electron chi connectivity index (χ3n) is 3.32. The summed E-state index contributed by atoms with van der Waals surface area (Å²) >= 11 is 3.46. The summed E-state index contributed by atoms with van der Waals surface area (Å²) < 4.78 is 1.16. The van der Waals surface area contributed by atoms with E-state index in [1.54, 1.807) is 0 Å². The van der Waals surface area contributed by atoms with Crippen LogP contribution in [0, 0.1) is 0 Å². The van der Waals surface area contributed by atoms with Crippen LogP contribution in [0.2, 0.25) is 0 Å². The Labute approximate surface area is 106 Å². The summed E-state index contributed by atoms with van der Waals surface area (Å²) in [6.45, 7) is 3.43. The summed E-state index contributed by atoms with van der Waals surface area (Å²) in [5, 5.41) is 3.46. The Balaban J connectivity index is 1.84. The third-order valence-corrected chi connectivity index (χ3v) is 3.85. The van der Waals surface area contributed by atoms with Gasteiger partial charge in [0.2, 0.25) is 0 Å². The van der Waals surface area contributed by atoms with Gasteiger partial charge in [-0.1, -0.05) is 28.1 Å². The average molecular weight is 283 g/mol. The zero-order valence-corrected chi connectivity index (χ0v) is 11.3. The van der Waals surface area contributed by atoms with Crippen LogP contribution in [0.4, 0.5) is 0 Å². The van der Waals surface area contributed by atoms with E-state index in [0.717, 1.165) is 17.6 Å². The molecule has 0 radical (unpaired) electrons. The molecular weight excluding hydrogens is 264 g/mol. The number of hydrogen-bond acceptors (Lipinski definition) is 2. The third kappa shape index (κ3) is 3.30. The molecule has 3 heteroatoms. The Bertz CT molecular complexity index is 323. The average Bonchev–Trinajstić information content (AvgIpc) is 2.30. The maximum absolute atomic E-state index is 3.46. The Hall–Kier alpha value is -0.380. The highest BCUT2D eigenvalue weighted by Gasteiger charge is 2.17. The van der Waals surface area contributed by atoms with Crippen molar-refractivity contribution in [2.24, 2.45) is 0 Å². The number of benzene rings is 1. The number of hydrogen-bond donors (Lipinski definition) is 1. The van der Waals surface area contributed by atoms with Crippen molar-refractivity contribution in [3.8, 4) is 0 Å². The first-order valence-electron chi connectivity index (χ1n) is 5.91. The van der Waals surface area contributed by atoms with Crippen LogP contribution in [0.5, 0.6) is 0 Å². The Morgan fingerprint density at radius 2 is 2.12 bits per heavy atom. The second-order valence-electron chi connectivity index (χ2n) is 4.50. The van der Waals surface area contributed by atoms with Crippen molar-refractivity contribution in [2.45, 2.75) is 18.9 Å². The van der Waals surface area contributed by atoms with Gasteiger partial charge < -0.3 is 10.2 Å². The lowest BCUT2D eigenvalue weighted by Gasteiger charge is -2.33. The number of likely N-dealkylation sites (N-methyl/N-ethyl adjacent to an activating group) is 1. The van der Waals surface area contributed by atoms with Gasteiger partial charge in [-0.05, 0) is 37.6 Å². The number of halogens is 1. The van der Waals surface area contributed by atoms with Crippen LogP contribution < -0.4 is 5.32 Å². The predicted octanol–water partition coefficient (Wildman–Crippen LogP) is 2.29. The van der Waals surface area contributed by atoms with Gasteiger partial charge in [0.1, 0.15) is 0 Å². The monoisotopic (exact) mass is 282 g/mol. The van der Waals surface area contributed by atoms with Crippen LogP contribution in [0.25, 0.3) is 0 Å². The van der Waals surface area contributed by atoms with E-state index >= 15 is 0 Å². The molecule has 1 saturated heterocycles. The lowest BCUT2D eigenvalue weighted by atomic mass is 10.0. The van der Waals surface area contributed by atoms with Gasteiger partial charge in [0.25, 0.3) is 0 Å². The van der Waals surface area contributed by atoms with Crippen molar-refractivity contribution in [2.75, 3.05) is 26.7 Å². The van der Waals surface area contributed by atoms with Gasteiger partial charge in [0, 0.05) is 30.1 Å². The Morgan fingerprint density at radius 3 is 2.81 bits per heavy atom. The molecule has 88 valence electrons. The largest absolute Gasteiger partial charge is 0.314 e. The van der Waals surface area contributed by atoms with Crippen LogP contribution >= 0.6 is 15.9 Å². The first kappa shape index (κ1) is 12.1. The van der Waals surface area contributed by atoms with Crippen molar-refractivity contribution in [1.29, 1.82) is 0 Å². The van der Waals surface area contributed by atoms with Crippen molar-refractivity contribution in [3.63, 3.8) is 0 Å². The highest BCUT2D eigenvalue weighted by molar-refractivity contribution is 9.10. The minimum Gasteiger partial charge on any atom is -0.314 e. The van der Waals surface area contributed by atoms with Crippen molar-refractivity contribution in [3.05, 3.63) is 34.3 Å². The molecule has 1 heterocycles. The quantitative estimate of drug-likeness (QED) is 0.915. The first-order valence-corrected chi connectivity index (χ1v) is 6.70. The summed E-state index contributed by atoms with van der Waals surface area (Å²) in [5.74, 6) is 0. The van der Waals surface area contributed by atoms with E-state index < -0.39 is 0 Å². The van der Waals surface area contributed by atoms with Crippen molar-refractivity contribution in [1.82, 2.24) is 10.2 Å². The van der Waals surface area contributed by atoms with Gasteiger partial charge in [-0.15, -0.1) is 0 Å². The Kier molecular flexibility index (Phi) is 4.38. The fourth-order valence-electron chi connectivity index (χ4n) is 2.17. The molecule has 1 unspecified atom stereocenters.